The van der Waals surface area contributed by atoms with E-state index in [-0.39, 0.29) is 0 Å². The Hall–Kier alpha value is -1.39. The number of pyridine rings is 1. The first-order chi connectivity index (χ1) is 10.1. The number of hydrogen-bond donors (Lipinski definition) is 1. The summed E-state index contributed by atoms with van der Waals surface area (Å²) in [5, 5.41) is 3.39. The van der Waals surface area contributed by atoms with Crippen molar-refractivity contribution in [3.63, 3.8) is 0 Å². The first-order valence-electron chi connectivity index (χ1n) is 7.23. The molecule has 1 heterocycles. The van der Waals surface area contributed by atoms with Crippen LogP contribution in [0.4, 0.5) is 5.69 Å². The van der Waals surface area contributed by atoms with Gasteiger partial charge in [-0.25, -0.2) is 0 Å². The molecule has 1 aromatic heterocycles. The molecule has 0 aliphatic heterocycles. The number of halogens is 1. The summed E-state index contributed by atoms with van der Waals surface area (Å²) in [5.41, 5.74) is 4.68. The molecule has 0 atom stereocenters. The normalized spacial score (nSPS) is 10.7. The second-order valence-electron chi connectivity index (χ2n) is 5.18. The van der Waals surface area contributed by atoms with Gasteiger partial charge in [-0.3, -0.25) is 4.98 Å². The van der Waals surface area contributed by atoms with E-state index in [4.69, 9.17) is 0 Å². The highest BCUT2D eigenvalue weighted by molar-refractivity contribution is 9.10. The second-order valence-corrected chi connectivity index (χ2v) is 6.10. The Morgan fingerprint density at radius 2 is 2.05 bits per heavy atom. The summed E-state index contributed by atoms with van der Waals surface area (Å²) in [6, 6.07) is 12.6. The van der Waals surface area contributed by atoms with Crippen LogP contribution in [0.1, 0.15) is 23.9 Å². The van der Waals surface area contributed by atoms with Gasteiger partial charge in [0.1, 0.15) is 0 Å². The lowest BCUT2D eigenvalue weighted by atomic mass is 10.1. The number of rotatable bonds is 6. The van der Waals surface area contributed by atoms with Gasteiger partial charge in [0.15, 0.2) is 0 Å². The van der Waals surface area contributed by atoms with E-state index in [9.17, 15) is 0 Å². The SMILES string of the molecule is CCNCc1ccc(Br)cc1N(C)Cc1cccc(C)n1. The zero-order chi connectivity index (χ0) is 15.2. The lowest BCUT2D eigenvalue weighted by Gasteiger charge is -2.23. The Morgan fingerprint density at radius 1 is 1.24 bits per heavy atom. The van der Waals surface area contributed by atoms with Crippen molar-refractivity contribution in [3.8, 4) is 0 Å². The second kappa shape index (κ2) is 7.57. The number of nitrogens with one attached hydrogen (secondary N) is 1. The molecule has 2 rings (SSSR count). The minimum atomic E-state index is 0.803. The molecule has 0 fully saturated rings. The third kappa shape index (κ3) is 4.55. The van der Waals surface area contributed by atoms with Crippen molar-refractivity contribution in [3.05, 3.63) is 57.8 Å². The van der Waals surface area contributed by atoms with Crippen LogP contribution in [-0.2, 0) is 13.1 Å². The van der Waals surface area contributed by atoms with Gasteiger partial charge in [-0.2, -0.15) is 0 Å². The molecule has 0 amide bonds. The monoisotopic (exact) mass is 347 g/mol. The maximum atomic E-state index is 4.58. The molecular formula is C17H22BrN3. The molecule has 0 aliphatic carbocycles. The molecule has 0 spiro atoms. The molecule has 0 unspecified atom stereocenters. The molecule has 3 nitrogen and oxygen atoms in total. The van der Waals surface area contributed by atoms with E-state index in [1.54, 1.807) is 0 Å². The van der Waals surface area contributed by atoms with E-state index in [2.05, 4.69) is 75.4 Å². The first-order valence-corrected chi connectivity index (χ1v) is 8.02. The van der Waals surface area contributed by atoms with Crippen molar-refractivity contribution in [2.45, 2.75) is 26.9 Å². The van der Waals surface area contributed by atoms with Crippen LogP contribution in [-0.4, -0.2) is 18.6 Å². The molecule has 4 heteroatoms. The fourth-order valence-electron chi connectivity index (χ4n) is 2.32. The Balaban J connectivity index is 2.20. The van der Waals surface area contributed by atoms with Gasteiger partial charge < -0.3 is 10.2 Å². The maximum Gasteiger partial charge on any atom is 0.0600 e. The van der Waals surface area contributed by atoms with E-state index in [1.165, 1.54) is 11.3 Å². The van der Waals surface area contributed by atoms with Crippen molar-refractivity contribution in [1.29, 1.82) is 0 Å². The first kappa shape index (κ1) is 16.0. The van der Waals surface area contributed by atoms with E-state index < -0.39 is 0 Å². The van der Waals surface area contributed by atoms with Crippen LogP contribution in [0.5, 0.6) is 0 Å². The number of anilines is 1. The van der Waals surface area contributed by atoms with Gasteiger partial charge in [0.2, 0.25) is 0 Å². The van der Waals surface area contributed by atoms with Gasteiger partial charge in [0.25, 0.3) is 0 Å². The van der Waals surface area contributed by atoms with Gasteiger partial charge in [-0.15, -0.1) is 0 Å². The van der Waals surface area contributed by atoms with Crippen LogP contribution < -0.4 is 10.2 Å². The Bertz CT molecular complexity index is 598. The lowest BCUT2D eigenvalue weighted by Crippen LogP contribution is -2.21. The number of hydrogen-bond acceptors (Lipinski definition) is 3. The molecule has 0 bridgehead atoms. The predicted octanol–water partition coefficient (Wildman–Crippen LogP) is 3.90. The fourth-order valence-corrected chi connectivity index (χ4v) is 2.67. The van der Waals surface area contributed by atoms with E-state index in [0.717, 1.165) is 35.5 Å². The smallest absolute Gasteiger partial charge is 0.0600 e. The molecular weight excluding hydrogens is 326 g/mol. The number of aryl methyl sites for hydroxylation is 1. The summed E-state index contributed by atoms with van der Waals surface area (Å²) in [5.74, 6) is 0. The predicted molar refractivity (Wildman–Crippen MR) is 92.6 cm³/mol. The molecule has 1 N–H and O–H groups in total. The third-order valence-corrected chi connectivity index (χ3v) is 3.86. The Morgan fingerprint density at radius 3 is 2.76 bits per heavy atom. The molecule has 0 radical (unpaired) electrons. The molecule has 112 valence electrons. The van der Waals surface area contributed by atoms with Gasteiger partial charge in [-0.05, 0) is 43.3 Å². The molecule has 2 aromatic rings. The zero-order valence-corrected chi connectivity index (χ0v) is 14.4. The van der Waals surface area contributed by atoms with Crippen molar-refractivity contribution >= 4 is 21.6 Å². The quantitative estimate of drug-likeness (QED) is 0.858. The molecule has 21 heavy (non-hydrogen) atoms. The summed E-state index contributed by atoms with van der Waals surface area (Å²) < 4.78 is 1.10. The van der Waals surface area contributed by atoms with Crippen LogP contribution in [0.15, 0.2) is 40.9 Å². The fraction of sp³-hybridized carbons (Fsp3) is 0.353. The van der Waals surface area contributed by atoms with Gasteiger partial charge in [-0.1, -0.05) is 35.0 Å². The van der Waals surface area contributed by atoms with Gasteiger partial charge in [0, 0.05) is 29.4 Å². The van der Waals surface area contributed by atoms with E-state index in [1.807, 2.05) is 13.0 Å². The summed E-state index contributed by atoms with van der Waals surface area (Å²) >= 11 is 3.57. The average molecular weight is 348 g/mol. The van der Waals surface area contributed by atoms with Gasteiger partial charge in [0.05, 0.1) is 12.2 Å². The van der Waals surface area contributed by atoms with Crippen LogP contribution in [0.2, 0.25) is 0 Å². The number of aromatic nitrogens is 1. The lowest BCUT2D eigenvalue weighted by molar-refractivity contribution is 0.722. The van der Waals surface area contributed by atoms with E-state index >= 15 is 0 Å². The van der Waals surface area contributed by atoms with E-state index in [0.29, 0.717) is 0 Å². The average Bonchev–Trinajstić information content (AvgIpc) is 2.46. The topological polar surface area (TPSA) is 28.2 Å². The van der Waals surface area contributed by atoms with Crippen LogP contribution in [0.25, 0.3) is 0 Å². The maximum absolute atomic E-state index is 4.58. The van der Waals surface area contributed by atoms with Crippen molar-refractivity contribution in [1.82, 2.24) is 10.3 Å². The van der Waals surface area contributed by atoms with Gasteiger partial charge >= 0.3 is 0 Å². The standard InChI is InChI=1S/C17H22BrN3/c1-4-19-11-14-8-9-15(18)10-17(14)21(3)12-16-7-5-6-13(2)20-16/h5-10,19H,4,11-12H2,1-3H3. The van der Waals surface area contributed by atoms with Crippen molar-refractivity contribution in [2.75, 3.05) is 18.5 Å². The summed E-state index contributed by atoms with van der Waals surface area (Å²) in [4.78, 5) is 6.83. The summed E-state index contributed by atoms with van der Waals surface area (Å²) in [7, 11) is 2.11. The number of benzene rings is 1. The number of nitrogens with zero attached hydrogens (tertiary/aromatic N) is 2. The highest BCUT2D eigenvalue weighted by Crippen LogP contribution is 2.25. The molecule has 0 aliphatic rings. The minimum absolute atomic E-state index is 0.803. The third-order valence-electron chi connectivity index (χ3n) is 3.37. The highest BCUT2D eigenvalue weighted by Gasteiger charge is 2.09. The van der Waals surface area contributed by atoms with Crippen molar-refractivity contribution < 1.29 is 0 Å². The van der Waals surface area contributed by atoms with Crippen LogP contribution in [0, 0.1) is 6.92 Å². The van der Waals surface area contributed by atoms with Crippen LogP contribution >= 0.6 is 15.9 Å². The Labute approximate surface area is 135 Å². The highest BCUT2D eigenvalue weighted by atomic mass is 79.9. The Kier molecular flexibility index (Phi) is 5.76. The molecule has 0 saturated carbocycles. The molecule has 1 aromatic carbocycles. The molecule has 0 saturated heterocycles. The summed E-state index contributed by atoms with van der Waals surface area (Å²) in [6.07, 6.45) is 0. The summed E-state index contributed by atoms with van der Waals surface area (Å²) in [6.45, 7) is 6.80. The zero-order valence-electron chi connectivity index (χ0n) is 12.9. The van der Waals surface area contributed by atoms with Crippen LogP contribution in [0.3, 0.4) is 0 Å². The minimum Gasteiger partial charge on any atom is -0.368 e. The largest absolute Gasteiger partial charge is 0.368 e. The van der Waals surface area contributed by atoms with Crippen molar-refractivity contribution in [2.24, 2.45) is 0 Å².